The Balaban J connectivity index is 2.71. The van der Waals surface area contributed by atoms with E-state index in [4.69, 9.17) is 9.84 Å². The van der Waals surface area contributed by atoms with E-state index in [1.165, 1.54) is 0 Å². The van der Waals surface area contributed by atoms with Gasteiger partial charge in [-0.3, -0.25) is 4.79 Å². The largest absolute Gasteiger partial charge is 0.394 e. The van der Waals surface area contributed by atoms with Gasteiger partial charge < -0.3 is 19.5 Å². The molecule has 1 aromatic heterocycles. The first-order chi connectivity index (χ1) is 7.60. The van der Waals surface area contributed by atoms with Gasteiger partial charge in [0, 0.05) is 6.20 Å². The van der Waals surface area contributed by atoms with Gasteiger partial charge in [0.1, 0.15) is 12.3 Å². The highest BCUT2D eigenvalue weighted by atomic mass is 16.5. The fourth-order valence-electron chi connectivity index (χ4n) is 1.47. The average molecular weight is 227 g/mol. The molecule has 0 aliphatic rings. The number of ether oxygens (including phenoxy) is 1. The highest BCUT2D eigenvalue weighted by molar-refractivity contribution is 5.72. The maximum atomic E-state index is 10.7. The summed E-state index contributed by atoms with van der Waals surface area (Å²) in [6.07, 6.45) is 0.614. The van der Waals surface area contributed by atoms with Gasteiger partial charge in [-0.2, -0.15) is 0 Å². The summed E-state index contributed by atoms with van der Waals surface area (Å²) in [6.45, 7) is 3.03. The summed E-state index contributed by atoms with van der Waals surface area (Å²) in [4.78, 5) is 10.7. The van der Waals surface area contributed by atoms with Gasteiger partial charge >= 0.3 is 0 Å². The van der Waals surface area contributed by atoms with E-state index in [-0.39, 0.29) is 6.61 Å². The fourth-order valence-corrected chi connectivity index (χ4v) is 1.47. The Kier molecular flexibility index (Phi) is 4.67. The van der Waals surface area contributed by atoms with Crippen LogP contribution in [0.25, 0.3) is 0 Å². The molecule has 0 radical (unpaired) electrons. The third-order valence-corrected chi connectivity index (χ3v) is 2.41. The van der Waals surface area contributed by atoms with Crippen molar-refractivity contribution in [1.29, 1.82) is 0 Å². The fraction of sp³-hybridized carbons (Fsp3) is 0.545. The number of rotatable bonds is 6. The summed E-state index contributed by atoms with van der Waals surface area (Å²) >= 11 is 0. The van der Waals surface area contributed by atoms with Crippen LogP contribution < -0.4 is 0 Å². The Bertz CT molecular complexity index is 334. The molecule has 1 rings (SSSR count). The molecule has 0 saturated carbocycles. The summed E-state index contributed by atoms with van der Waals surface area (Å²) in [5, 5.41) is 18.3. The zero-order valence-corrected chi connectivity index (χ0v) is 9.41. The molecular formula is C11H17NO4. The maximum Gasteiger partial charge on any atom is 0.166 e. The molecule has 90 valence electrons. The molecule has 5 heteroatoms. The molecule has 0 aliphatic heterocycles. The Hall–Kier alpha value is -1.17. The van der Waals surface area contributed by atoms with Gasteiger partial charge in [-0.25, -0.2) is 0 Å². The van der Waals surface area contributed by atoms with E-state index in [1.807, 2.05) is 0 Å². The van der Waals surface area contributed by atoms with Gasteiger partial charge in [-0.15, -0.1) is 0 Å². The van der Waals surface area contributed by atoms with Gasteiger partial charge in [-0.1, -0.05) is 0 Å². The van der Waals surface area contributed by atoms with Crippen LogP contribution in [0.4, 0.5) is 0 Å². The lowest BCUT2D eigenvalue weighted by Crippen LogP contribution is -2.32. The van der Waals surface area contributed by atoms with Crippen molar-refractivity contribution in [1.82, 2.24) is 4.57 Å². The molecule has 0 fully saturated rings. The second-order valence-corrected chi connectivity index (χ2v) is 3.66. The number of hydrogen-bond donors (Lipinski definition) is 2. The minimum absolute atomic E-state index is 0.264. The molecule has 0 spiro atoms. The summed E-state index contributed by atoms with van der Waals surface area (Å²) in [6, 6.07) is 3.41. The van der Waals surface area contributed by atoms with Gasteiger partial charge in [0.15, 0.2) is 6.29 Å². The third-order valence-electron chi connectivity index (χ3n) is 2.41. The standard InChI is InChI=1S/C11H17NO4/c1-8(15)11(7-14)16-9(2)12-5-3-4-10(12)6-13/h3-6,8-9,11,14-15H,7H2,1-2H3/t8?,9-,11-/m1/s1. The first-order valence-electron chi connectivity index (χ1n) is 5.16. The molecule has 16 heavy (non-hydrogen) atoms. The average Bonchev–Trinajstić information content (AvgIpc) is 2.72. The van der Waals surface area contributed by atoms with Crippen molar-refractivity contribution in [2.45, 2.75) is 32.3 Å². The summed E-state index contributed by atoms with van der Waals surface area (Å²) in [5.41, 5.74) is 0.495. The van der Waals surface area contributed by atoms with E-state index >= 15 is 0 Å². The van der Waals surface area contributed by atoms with Gasteiger partial charge in [-0.05, 0) is 26.0 Å². The van der Waals surface area contributed by atoms with Crippen LogP contribution in [-0.4, -0.2) is 39.9 Å². The van der Waals surface area contributed by atoms with Gasteiger partial charge in [0.2, 0.25) is 0 Å². The first kappa shape index (κ1) is 12.9. The second kappa shape index (κ2) is 5.79. The first-order valence-corrected chi connectivity index (χ1v) is 5.16. The molecule has 2 N–H and O–H groups in total. The normalized spacial score (nSPS) is 16.8. The van der Waals surface area contributed by atoms with Crippen LogP contribution in [0.15, 0.2) is 18.3 Å². The van der Waals surface area contributed by atoms with Crippen molar-refractivity contribution in [3.63, 3.8) is 0 Å². The van der Waals surface area contributed by atoms with Gasteiger partial charge in [0.25, 0.3) is 0 Å². The molecule has 0 amide bonds. The SMILES string of the molecule is CC(O)[C@@H](CO)O[C@H](C)n1cccc1C=O. The molecule has 0 saturated heterocycles. The predicted molar refractivity (Wildman–Crippen MR) is 58.2 cm³/mol. The van der Waals surface area contributed by atoms with E-state index in [1.54, 1.807) is 36.7 Å². The maximum absolute atomic E-state index is 10.7. The number of carbonyl (C=O) groups is 1. The predicted octanol–water partition coefficient (Wildman–Crippen LogP) is 0.577. The third kappa shape index (κ3) is 2.91. The van der Waals surface area contributed by atoms with E-state index in [0.717, 1.165) is 6.29 Å². The summed E-state index contributed by atoms with van der Waals surface area (Å²) < 4.78 is 7.09. The van der Waals surface area contributed by atoms with Crippen molar-refractivity contribution in [2.24, 2.45) is 0 Å². The number of nitrogens with zero attached hydrogens (tertiary/aromatic N) is 1. The van der Waals surface area contributed by atoms with Crippen LogP contribution in [0, 0.1) is 0 Å². The van der Waals surface area contributed by atoms with Crippen molar-refractivity contribution in [3.05, 3.63) is 24.0 Å². The van der Waals surface area contributed by atoms with E-state index in [9.17, 15) is 9.90 Å². The molecule has 0 aliphatic carbocycles. The van der Waals surface area contributed by atoms with Crippen molar-refractivity contribution in [3.8, 4) is 0 Å². The van der Waals surface area contributed by atoms with E-state index in [2.05, 4.69) is 0 Å². The van der Waals surface area contributed by atoms with Crippen LogP contribution in [0.2, 0.25) is 0 Å². The number of aliphatic hydroxyl groups is 2. The van der Waals surface area contributed by atoms with Crippen LogP contribution >= 0.6 is 0 Å². The smallest absolute Gasteiger partial charge is 0.166 e. The monoisotopic (exact) mass is 227 g/mol. The van der Waals surface area contributed by atoms with Crippen LogP contribution in [0.1, 0.15) is 30.6 Å². The number of aliphatic hydroxyl groups excluding tert-OH is 2. The minimum Gasteiger partial charge on any atom is -0.394 e. The second-order valence-electron chi connectivity index (χ2n) is 3.66. The number of aromatic nitrogens is 1. The molecule has 1 aromatic rings. The lowest BCUT2D eigenvalue weighted by atomic mass is 10.2. The minimum atomic E-state index is -0.761. The molecule has 0 aromatic carbocycles. The van der Waals surface area contributed by atoms with Crippen molar-refractivity contribution < 1.29 is 19.7 Å². The Morgan fingerprint density at radius 1 is 1.56 bits per heavy atom. The summed E-state index contributed by atoms with van der Waals surface area (Å²) in [5.74, 6) is 0. The molecule has 0 bridgehead atoms. The van der Waals surface area contributed by atoms with Gasteiger partial charge in [0.05, 0.1) is 18.4 Å². The lowest BCUT2D eigenvalue weighted by molar-refractivity contribution is -0.111. The zero-order valence-electron chi connectivity index (χ0n) is 9.41. The molecule has 1 unspecified atom stereocenters. The van der Waals surface area contributed by atoms with Crippen LogP contribution in [-0.2, 0) is 4.74 Å². The van der Waals surface area contributed by atoms with Crippen LogP contribution in [0.5, 0.6) is 0 Å². The van der Waals surface area contributed by atoms with Crippen molar-refractivity contribution >= 4 is 6.29 Å². The Labute approximate surface area is 94.3 Å². The topological polar surface area (TPSA) is 71.7 Å². The summed E-state index contributed by atoms with van der Waals surface area (Å²) in [7, 11) is 0. The Morgan fingerprint density at radius 3 is 2.75 bits per heavy atom. The number of hydrogen-bond acceptors (Lipinski definition) is 4. The highest BCUT2D eigenvalue weighted by Crippen LogP contribution is 2.15. The van der Waals surface area contributed by atoms with E-state index in [0.29, 0.717) is 5.69 Å². The van der Waals surface area contributed by atoms with E-state index < -0.39 is 18.4 Å². The van der Waals surface area contributed by atoms with Crippen LogP contribution in [0.3, 0.4) is 0 Å². The molecular weight excluding hydrogens is 210 g/mol. The molecule has 1 heterocycles. The molecule has 5 nitrogen and oxygen atoms in total. The molecule has 3 atom stereocenters. The Morgan fingerprint density at radius 2 is 2.25 bits per heavy atom. The quantitative estimate of drug-likeness (QED) is 0.697. The van der Waals surface area contributed by atoms with Crippen molar-refractivity contribution in [2.75, 3.05) is 6.61 Å². The number of aldehydes is 1. The highest BCUT2D eigenvalue weighted by Gasteiger charge is 2.19. The lowest BCUT2D eigenvalue weighted by Gasteiger charge is -2.24. The number of carbonyl (C=O) groups excluding carboxylic acids is 1. The zero-order chi connectivity index (χ0) is 12.1.